The first kappa shape index (κ1) is 19.6. The van der Waals surface area contributed by atoms with Crippen LogP contribution in [0.2, 0.25) is 0 Å². The van der Waals surface area contributed by atoms with Crippen molar-refractivity contribution >= 4 is 24.2 Å². The summed E-state index contributed by atoms with van der Waals surface area (Å²) in [6, 6.07) is 8.29. The molecule has 0 saturated carbocycles. The van der Waals surface area contributed by atoms with Gasteiger partial charge in [-0.3, -0.25) is 0 Å². The van der Waals surface area contributed by atoms with E-state index in [-0.39, 0.29) is 18.5 Å². The fraction of sp³-hybridized carbons (Fsp3) is 0.588. The SMILES string of the molecule is CN(C)c1cccc(C2(NC(=O)OC(C)(C)C)CCNC2)c1.Cl. The standard InChI is InChI=1S/C17H27N3O2.ClH/c1-16(2,3)22-15(21)19-17(9-10-18-12-17)13-7-6-8-14(11-13)20(4)5;/h6-8,11,18H,9-10,12H2,1-5H3,(H,19,21);1H. The van der Waals surface area contributed by atoms with Gasteiger partial charge >= 0.3 is 6.09 Å². The summed E-state index contributed by atoms with van der Waals surface area (Å²) in [5.41, 5.74) is 1.32. The lowest BCUT2D eigenvalue weighted by Crippen LogP contribution is -2.49. The first-order chi connectivity index (χ1) is 10.2. The Labute approximate surface area is 145 Å². The molecule has 1 aliphatic heterocycles. The predicted molar refractivity (Wildman–Crippen MR) is 96.6 cm³/mol. The third kappa shape index (κ3) is 5.01. The van der Waals surface area contributed by atoms with Crippen LogP contribution in [-0.4, -0.2) is 38.9 Å². The van der Waals surface area contributed by atoms with Gasteiger partial charge in [-0.1, -0.05) is 12.1 Å². The van der Waals surface area contributed by atoms with E-state index in [4.69, 9.17) is 4.74 Å². The van der Waals surface area contributed by atoms with E-state index < -0.39 is 11.1 Å². The third-order valence-corrected chi connectivity index (χ3v) is 3.81. The zero-order valence-corrected chi connectivity index (χ0v) is 15.4. The molecule has 1 amide bonds. The Balaban J connectivity index is 0.00000264. The summed E-state index contributed by atoms with van der Waals surface area (Å²) in [7, 11) is 4.03. The second-order valence-electron chi connectivity index (χ2n) is 7.08. The van der Waals surface area contributed by atoms with Crippen molar-refractivity contribution in [2.24, 2.45) is 0 Å². The highest BCUT2D eigenvalue weighted by molar-refractivity contribution is 5.85. The zero-order chi connectivity index (χ0) is 16.4. The van der Waals surface area contributed by atoms with Crippen molar-refractivity contribution in [2.75, 3.05) is 32.1 Å². The summed E-state index contributed by atoms with van der Waals surface area (Å²) in [5.74, 6) is 0. The average molecular weight is 342 g/mol. The summed E-state index contributed by atoms with van der Waals surface area (Å²) in [4.78, 5) is 14.3. The van der Waals surface area contributed by atoms with Crippen molar-refractivity contribution in [2.45, 2.75) is 38.3 Å². The van der Waals surface area contributed by atoms with Crippen LogP contribution in [0.1, 0.15) is 32.8 Å². The minimum Gasteiger partial charge on any atom is -0.444 e. The number of nitrogens with one attached hydrogen (secondary N) is 2. The molecule has 130 valence electrons. The minimum atomic E-state index is -0.497. The molecule has 1 saturated heterocycles. The number of amides is 1. The van der Waals surface area contributed by atoms with Crippen molar-refractivity contribution in [1.82, 2.24) is 10.6 Å². The lowest BCUT2D eigenvalue weighted by Gasteiger charge is -2.32. The van der Waals surface area contributed by atoms with Crippen LogP contribution in [0.5, 0.6) is 0 Å². The van der Waals surface area contributed by atoms with Gasteiger partial charge in [0.1, 0.15) is 5.60 Å². The molecule has 6 heteroatoms. The molecule has 0 aliphatic carbocycles. The van der Waals surface area contributed by atoms with E-state index in [0.29, 0.717) is 6.54 Å². The summed E-state index contributed by atoms with van der Waals surface area (Å²) in [5, 5.41) is 6.43. The predicted octanol–water partition coefficient (Wildman–Crippen LogP) is 2.89. The molecule has 1 atom stereocenters. The van der Waals surface area contributed by atoms with E-state index in [9.17, 15) is 4.79 Å². The number of carbonyl (C=O) groups is 1. The summed E-state index contributed by atoms with van der Waals surface area (Å²) >= 11 is 0. The van der Waals surface area contributed by atoms with Gasteiger partial charge in [0.2, 0.25) is 0 Å². The number of alkyl carbamates (subject to hydrolysis) is 1. The highest BCUT2D eigenvalue weighted by Crippen LogP contribution is 2.30. The van der Waals surface area contributed by atoms with Gasteiger partial charge in [-0.2, -0.15) is 0 Å². The molecule has 2 N–H and O–H groups in total. The van der Waals surface area contributed by atoms with E-state index in [1.54, 1.807) is 0 Å². The van der Waals surface area contributed by atoms with Gasteiger partial charge in [0.15, 0.2) is 0 Å². The first-order valence-electron chi connectivity index (χ1n) is 7.72. The second kappa shape index (κ2) is 7.41. The number of hydrogen-bond donors (Lipinski definition) is 2. The number of hydrogen-bond acceptors (Lipinski definition) is 4. The zero-order valence-electron chi connectivity index (χ0n) is 14.6. The van der Waals surface area contributed by atoms with Gasteiger partial charge < -0.3 is 20.3 Å². The van der Waals surface area contributed by atoms with Gasteiger partial charge in [-0.25, -0.2) is 4.79 Å². The molecule has 2 rings (SSSR count). The Kier molecular flexibility index (Phi) is 6.31. The molecule has 1 aromatic rings. The highest BCUT2D eigenvalue weighted by Gasteiger charge is 2.38. The molecule has 1 unspecified atom stereocenters. The van der Waals surface area contributed by atoms with Crippen LogP contribution >= 0.6 is 12.4 Å². The van der Waals surface area contributed by atoms with Gasteiger partial charge in [-0.05, 0) is 51.4 Å². The second-order valence-corrected chi connectivity index (χ2v) is 7.08. The Bertz CT molecular complexity index is 535. The van der Waals surface area contributed by atoms with E-state index >= 15 is 0 Å². The van der Waals surface area contributed by atoms with Crippen molar-refractivity contribution in [3.05, 3.63) is 29.8 Å². The van der Waals surface area contributed by atoms with Crippen molar-refractivity contribution in [3.63, 3.8) is 0 Å². The molecule has 0 spiro atoms. The molecule has 23 heavy (non-hydrogen) atoms. The molecule has 0 bridgehead atoms. The number of carbonyl (C=O) groups excluding carboxylic acids is 1. The van der Waals surface area contributed by atoms with E-state index in [0.717, 1.165) is 24.2 Å². The maximum absolute atomic E-state index is 12.2. The number of benzene rings is 1. The van der Waals surface area contributed by atoms with Gasteiger partial charge in [0, 0.05) is 26.3 Å². The third-order valence-electron chi connectivity index (χ3n) is 3.81. The van der Waals surface area contributed by atoms with Gasteiger partial charge in [-0.15, -0.1) is 12.4 Å². The van der Waals surface area contributed by atoms with E-state index in [2.05, 4.69) is 33.7 Å². The molecule has 5 nitrogen and oxygen atoms in total. The van der Waals surface area contributed by atoms with Crippen molar-refractivity contribution in [1.29, 1.82) is 0 Å². The Morgan fingerprint density at radius 3 is 2.57 bits per heavy atom. The lowest BCUT2D eigenvalue weighted by atomic mass is 9.88. The molecule has 1 aliphatic rings. The van der Waals surface area contributed by atoms with E-state index in [1.807, 2.05) is 40.9 Å². The number of nitrogens with zero attached hydrogens (tertiary/aromatic N) is 1. The quantitative estimate of drug-likeness (QED) is 0.887. The molecule has 0 aromatic heterocycles. The Morgan fingerprint density at radius 2 is 2.04 bits per heavy atom. The van der Waals surface area contributed by atoms with Crippen molar-refractivity contribution in [3.8, 4) is 0 Å². The minimum absolute atomic E-state index is 0. The maximum atomic E-state index is 12.2. The number of anilines is 1. The van der Waals surface area contributed by atoms with Crippen LogP contribution in [-0.2, 0) is 10.3 Å². The Hall–Kier alpha value is -1.46. The molecular weight excluding hydrogens is 314 g/mol. The highest BCUT2D eigenvalue weighted by atomic mass is 35.5. The maximum Gasteiger partial charge on any atom is 0.408 e. The first-order valence-corrected chi connectivity index (χ1v) is 7.72. The number of ether oxygens (including phenoxy) is 1. The van der Waals surface area contributed by atoms with Crippen molar-refractivity contribution < 1.29 is 9.53 Å². The monoisotopic (exact) mass is 341 g/mol. The van der Waals surface area contributed by atoms with Crippen LogP contribution in [0.15, 0.2) is 24.3 Å². The molecule has 1 fully saturated rings. The van der Waals surface area contributed by atoms with Crippen LogP contribution in [0.4, 0.5) is 10.5 Å². The van der Waals surface area contributed by atoms with Gasteiger partial charge in [0.05, 0.1) is 5.54 Å². The van der Waals surface area contributed by atoms with Crippen LogP contribution in [0.3, 0.4) is 0 Å². The van der Waals surface area contributed by atoms with Crippen LogP contribution < -0.4 is 15.5 Å². The number of rotatable bonds is 3. The van der Waals surface area contributed by atoms with Crippen LogP contribution in [0.25, 0.3) is 0 Å². The normalized spacial score (nSPS) is 20.6. The summed E-state index contributed by atoms with van der Waals surface area (Å²) in [6.45, 7) is 7.21. The fourth-order valence-corrected chi connectivity index (χ4v) is 2.70. The largest absolute Gasteiger partial charge is 0.444 e. The smallest absolute Gasteiger partial charge is 0.408 e. The summed E-state index contributed by atoms with van der Waals surface area (Å²) < 4.78 is 5.44. The van der Waals surface area contributed by atoms with Crippen LogP contribution in [0, 0.1) is 0 Å². The lowest BCUT2D eigenvalue weighted by molar-refractivity contribution is 0.0461. The average Bonchev–Trinajstić information content (AvgIpc) is 2.86. The molecule has 1 aromatic carbocycles. The molecule has 1 heterocycles. The fourth-order valence-electron chi connectivity index (χ4n) is 2.70. The molecular formula is C17H28ClN3O2. The van der Waals surface area contributed by atoms with E-state index in [1.165, 1.54) is 0 Å². The topological polar surface area (TPSA) is 53.6 Å². The summed E-state index contributed by atoms with van der Waals surface area (Å²) in [6.07, 6.45) is 0.481. The molecule has 0 radical (unpaired) electrons. The van der Waals surface area contributed by atoms with Gasteiger partial charge in [0.25, 0.3) is 0 Å². The Morgan fingerprint density at radius 1 is 1.35 bits per heavy atom. The number of halogens is 1.